The van der Waals surface area contributed by atoms with E-state index in [1.165, 1.54) is 23.0 Å². The number of hydrogen-bond donors (Lipinski definition) is 1. The molecule has 1 N–H and O–H groups in total. The first-order chi connectivity index (χ1) is 10.6. The Morgan fingerprint density at radius 2 is 2.23 bits per heavy atom. The highest BCUT2D eigenvalue weighted by Crippen LogP contribution is 2.20. The van der Waals surface area contributed by atoms with Crippen LogP contribution >= 0.6 is 0 Å². The molecule has 0 fully saturated rings. The molecule has 1 heterocycles. The van der Waals surface area contributed by atoms with Crippen molar-refractivity contribution in [3.63, 3.8) is 0 Å². The molecule has 0 atom stereocenters. The average Bonchev–Trinajstić information content (AvgIpc) is 3.03. The summed E-state index contributed by atoms with van der Waals surface area (Å²) in [7, 11) is 0. The number of allylic oxidation sites excluding steroid dienone is 2. The van der Waals surface area contributed by atoms with Gasteiger partial charge in [-0.15, -0.1) is 0 Å². The third-order valence-electron chi connectivity index (χ3n) is 3.54. The van der Waals surface area contributed by atoms with E-state index >= 15 is 0 Å². The number of rotatable bonds is 7. The van der Waals surface area contributed by atoms with Crippen molar-refractivity contribution in [2.45, 2.75) is 33.6 Å². The summed E-state index contributed by atoms with van der Waals surface area (Å²) in [5, 5.41) is 6.63. The van der Waals surface area contributed by atoms with Crippen LogP contribution in [0, 0.1) is 6.92 Å². The van der Waals surface area contributed by atoms with Gasteiger partial charge in [-0.05, 0) is 37.5 Å². The van der Waals surface area contributed by atoms with Crippen LogP contribution in [0.25, 0.3) is 5.57 Å². The van der Waals surface area contributed by atoms with Crippen LogP contribution in [0.15, 0.2) is 42.8 Å². The molecule has 0 bridgehead atoms. The van der Waals surface area contributed by atoms with Crippen LogP contribution in [0.4, 0.5) is 0 Å². The second-order valence-corrected chi connectivity index (χ2v) is 5.40. The predicted molar refractivity (Wildman–Crippen MR) is 89.8 cm³/mol. The summed E-state index contributed by atoms with van der Waals surface area (Å²) >= 11 is 0. The van der Waals surface area contributed by atoms with Crippen LogP contribution < -0.4 is 4.74 Å². The van der Waals surface area contributed by atoms with Crippen LogP contribution in [0.2, 0.25) is 0 Å². The third kappa shape index (κ3) is 4.32. The number of H-pyrrole nitrogens is 1. The van der Waals surface area contributed by atoms with E-state index in [2.05, 4.69) is 60.7 Å². The molecule has 2 aromatic rings. The van der Waals surface area contributed by atoms with Crippen LogP contribution in [0.3, 0.4) is 0 Å². The topological polar surface area (TPSA) is 50.8 Å². The van der Waals surface area contributed by atoms with Crippen molar-refractivity contribution in [3.8, 4) is 5.75 Å². The third-order valence-corrected chi connectivity index (χ3v) is 3.54. The summed E-state index contributed by atoms with van der Waals surface area (Å²) in [4.78, 5) is 4.08. The summed E-state index contributed by atoms with van der Waals surface area (Å²) in [5.41, 5.74) is 4.55. The van der Waals surface area contributed by atoms with E-state index in [-0.39, 0.29) is 0 Å². The van der Waals surface area contributed by atoms with Gasteiger partial charge < -0.3 is 4.74 Å². The monoisotopic (exact) mass is 297 g/mol. The molecular weight excluding hydrogens is 274 g/mol. The minimum absolute atomic E-state index is 0.651. The Kier molecular flexibility index (Phi) is 5.53. The highest BCUT2D eigenvalue weighted by atomic mass is 16.5. The van der Waals surface area contributed by atoms with Crippen molar-refractivity contribution in [2.75, 3.05) is 6.61 Å². The van der Waals surface area contributed by atoms with E-state index in [0.29, 0.717) is 12.4 Å². The second-order valence-electron chi connectivity index (χ2n) is 5.40. The number of nitrogens with zero attached hydrogens (tertiary/aromatic N) is 2. The fourth-order valence-electron chi connectivity index (χ4n) is 2.21. The fraction of sp³-hybridized carbons (Fsp3) is 0.333. The lowest BCUT2D eigenvalue weighted by Gasteiger charge is -2.10. The molecule has 0 aliphatic rings. The van der Waals surface area contributed by atoms with Gasteiger partial charge in [0.25, 0.3) is 0 Å². The van der Waals surface area contributed by atoms with Crippen LogP contribution in [-0.2, 0) is 6.42 Å². The van der Waals surface area contributed by atoms with Gasteiger partial charge in [0.05, 0.1) is 6.61 Å². The normalized spacial score (nSPS) is 11.5. The van der Waals surface area contributed by atoms with Gasteiger partial charge >= 0.3 is 0 Å². The lowest BCUT2D eigenvalue weighted by atomic mass is 10.1. The SMILES string of the molecule is C=C(/C=C(\C)CCOc1ccc(CC)cc1C)c1ncn[nH]1. The van der Waals surface area contributed by atoms with Crippen molar-refractivity contribution >= 4 is 5.57 Å². The van der Waals surface area contributed by atoms with Crippen molar-refractivity contribution in [2.24, 2.45) is 0 Å². The summed E-state index contributed by atoms with van der Waals surface area (Å²) in [5.74, 6) is 1.66. The van der Waals surface area contributed by atoms with Gasteiger partial charge in [0.2, 0.25) is 0 Å². The highest BCUT2D eigenvalue weighted by molar-refractivity contribution is 5.67. The second kappa shape index (κ2) is 7.59. The summed E-state index contributed by atoms with van der Waals surface area (Å²) in [6.45, 7) is 10.9. The molecule has 4 heteroatoms. The molecule has 4 nitrogen and oxygen atoms in total. The zero-order chi connectivity index (χ0) is 15.9. The van der Waals surface area contributed by atoms with Gasteiger partial charge in [-0.2, -0.15) is 5.10 Å². The maximum absolute atomic E-state index is 5.87. The van der Waals surface area contributed by atoms with E-state index in [4.69, 9.17) is 4.74 Å². The first kappa shape index (κ1) is 16.0. The number of aryl methyl sites for hydroxylation is 2. The molecule has 0 aliphatic carbocycles. The Morgan fingerprint density at radius 1 is 1.41 bits per heavy atom. The molecule has 0 spiro atoms. The van der Waals surface area contributed by atoms with E-state index in [9.17, 15) is 0 Å². The number of nitrogens with one attached hydrogen (secondary N) is 1. The number of aromatic amines is 1. The first-order valence-electron chi connectivity index (χ1n) is 7.54. The smallest absolute Gasteiger partial charge is 0.154 e. The zero-order valence-corrected chi connectivity index (χ0v) is 13.5. The van der Waals surface area contributed by atoms with Gasteiger partial charge in [0.1, 0.15) is 12.1 Å². The first-order valence-corrected chi connectivity index (χ1v) is 7.54. The number of hydrogen-bond acceptors (Lipinski definition) is 3. The molecule has 0 radical (unpaired) electrons. The molecule has 1 aromatic carbocycles. The van der Waals surface area contributed by atoms with Crippen LogP contribution in [0.1, 0.15) is 37.2 Å². The largest absolute Gasteiger partial charge is 0.493 e. The van der Waals surface area contributed by atoms with Crippen molar-refractivity contribution in [3.05, 3.63) is 59.7 Å². The molecule has 0 saturated heterocycles. The van der Waals surface area contributed by atoms with Crippen molar-refractivity contribution in [1.29, 1.82) is 0 Å². The lowest BCUT2D eigenvalue weighted by molar-refractivity contribution is 0.319. The van der Waals surface area contributed by atoms with E-state index < -0.39 is 0 Å². The Hall–Kier alpha value is -2.36. The average molecular weight is 297 g/mol. The number of ether oxygens (including phenoxy) is 1. The molecule has 0 amide bonds. The Balaban J connectivity index is 1.86. The van der Waals surface area contributed by atoms with Gasteiger partial charge in [-0.3, -0.25) is 5.10 Å². The summed E-state index contributed by atoms with van der Waals surface area (Å²) < 4.78 is 5.87. The molecular formula is C18H23N3O. The minimum Gasteiger partial charge on any atom is -0.493 e. The van der Waals surface area contributed by atoms with Gasteiger partial charge in [0.15, 0.2) is 5.82 Å². The molecule has 0 saturated carbocycles. The fourth-order valence-corrected chi connectivity index (χ4v) is 2.21. The number of benzene rings is 1. The Morgan fingerprint density at radius 3 is 2.86 bits per heavy atom. The molecule has 0 unspecified atom stereocenters. The molecule has 0 aliphatic heterocycles. The van der Waals surface area contributed by atoms with E-state index in [1.54, 1.807) is 0 Å². The maximum Gasteiger partial charge on any atom is 0.154 e. The predicted octanol–water partition coefficient (Wildman–Crippen LogP) is 4.10. The van der Waals surface area contributed by atoms with Crippen LogP contribution in [0.5, 0.6) is 5.75 Å². The molecule has 1 aromatic heterocycles. The van der Waals surface area contributed by atoms with Gasteiger partial charge in [-0.25, -0.2) is 4.98 Å². The van der Waals surface area contributed by atoms with Crippen LogP contribution in [-0.4, -0.2) is 21.8 Å². The van der Waals surface area contributed by atoms with Gasteiger partial charge in [0, 0.05) is 12.0 Å². The highest BCUT2D eigenvalue weighted by Gasteiger charge is 2.02. The quantitative estimate of drug-likeness (QED) is 0.783. The van der Waals surface area contributed by atoms with Crippen molar-refractivity contribution < 1.29 is 4.74 Å². The van der Waals surface area contributed by atoms with E-state index in [1.807, 2.05) is 6.08 Å². The zero-order valence-electron chi connectivity index (χ0n) is 13.5. The lowest BCUT2D eigenvalue weighted by Crippen LogP contribution is -2.00. The van der Waals surface area contributed by atoms with E-state index in [0.717, 1.165) is 24.2 Å². The molecule has 116 valence electrons. The summed E-state index contributed by atoms with van der Waals surface area (Å²) in [6.07, 6.45) is 5.39. The molecule has 22 heavy (non-hydrogen) atoms. The maximum atomic E-state index is 5.87. The minimum atomic E-state index is 0.651. The van der Waals surface area contributed by atoms with Crippen molar-refractivity contribution in [1.82, 2.24) is 15.2 Å². The standard InChI is InChI=1S/C18H23N3O/c1-5-16-6-7-17(14(3)11-16)22-9-8-13(2)10-15(4)18-19-12-20-21-18/h6-7,10-12H,4-5,8-9H2,1-3H3,(H,19,20,21)/b13-10+. The molecule has 2 rings (SSSR count). The number of aromatic nitrogens is 3. The summed E-state index contributed by atoms with van der Waals surface area (Å²) in [6, 6.07) is 6.36. The Labute approximate surface area is 131 Å². The Bertz CT molecular complexity index is 657. The van der Waals surface area contributed by atoms with Gasteiger partial charge in [-0.1, -0.05) is 37.3 Å².